The summed E-state index contributed by atoms with van der Waals surface area (Å²) in [5.41, 5.74) is 1.01. The Kier molecular flexibility index (Phi) is 4.60. The predicted octanol–water partition coefficient (Wildman–Crippen LogP) is 2.33. The lowest BCUT2D eigenvalue weighted by Gasteiger charge is -2.23. The highest BCUT2D eigenvalue weighted by Gasteiger charge is 2.21. The van der Waals surface area contributed by atoms with Gasteiger partial charge in [0.25, 0.3) is 0 Å². The van der Waals surface area contributed by atoms with Gasteiger partial charge in [0.05, 0.1) is 24.1 Å². The van der Waals surface area contributed by atoms with E-state index < -0.39 is 0 Å². The van der Waals surface area contributed by atoms with Gasteiger partial charge in [-0.2, -0.15) is 15.3 Å². The molecule has 0 atom stereocenters. The third kappa shape index (κ3) is 3.21. The Labute approximate surface area is 138 Å². The van der Waals surface area contributed by atoms with Gasteiger partial charge in [0.15, 0.2) is 5.15 Å². The highest BCUT2D eigenvalue weighted by atomic mass is 35.5. The van der Waals surface area contributed by atoms with Crippen LogP contribution >= 0.6 is 11.6 Å². The monoisotopic (exact) mass is 333 g/mol. The zero-order valence-corrected chi connectivity index (χ0v) is 13.3. The Morgan fingerprint density at radius 2 is 2.17 bits per heavy atom. The van der Waals surface area contributed by atoms with Gasteiger partial charge < -0.3 is 15.4 Å². The number of nitrogens with zero attached hydrogens (tertiary/aromatic N) is 5. The molecule has 1 aliphatic heterocycles. The van der Waals surface area contributed by atoms with E-state index in [1.165, 1.54) is 6.20 Å². The molecule has 0 saturated carbocycles. The number of halogens is 1. The number of hydrogen-bond acceptors (Lipinski definition) is 7. The minimum Gasteiger partial charge on any atom is -0.381 e. The first-order valence-electron chi connectivity index (χ1n) is 7.25. The van der Waals surface area contributed by atoms with Crippen LogP contribution in [0.5, 0.6) is 0 Å². The van der Waals surface area contributed by atoms with Crippen LogP contribution in [0.1, 0.15) is 24.4 Å². The van der Waals surface area contributed by atoms with Crippen LogP contribution in [0.15, 0.2) is 12.4 Å². The molecule has 0 spiro atoms. The van der Waals surface area contributed by atoms with E-state index in [1.54, 1.807) is 17.9 Å². The molecule has 3 heterocycles. The van der Waals surface area contributed by atoms with Gasteiger partial charge in [-0.1, -0.05) is 11.6 Å². The van der Waals surface area contributed by atoms with Crippen LogP contribution in [0.4, 0.5) is 17.5 Å². The molecule has 1 saturated heterocycles. The molecule has 2 aromatic rings. The maximum Gasteiger partial charge on any atom is 0.229 e. The topological polar surface area (TPSA) is 101 Å². The summed E-state index contributed by atoms with van der Waals surface area (Å²) in [6, 6.07) is 2.26. The Balaban J connectivity index is 1.81. The lowest BCUT2D eigenvalue weighted by atomic mass is 10.1. The summed E-state index contributed by atoms with van der Waals surface area (Å²) in [4.78, 5) is 8.36. The van der Waals surface area contributed by atoms with Gasteiger partial charge in [-0.25, -0.2) is 9.67 Å². The molecule has 23 heavy (non-hydrogen) atoms. The fourth-order valence-electron chi connectivity index (χ4n) is 2.45. The first-order valence-corrected chi connectivity index (χ1v) is 7.63. The third-order valence-corrected chi connectivity index (χ3v) is 4.04. The molecule has 2 N–H and O–H groups in total. The second-order valence-corrected chi connectivity index (χ2v) is 5.44. The quantitative estimate of drug-likeness (QED) is 0.885. The van der Waals surface area contributed by atoms with Gasteiger partial charge in [-0.05, 0) is 12.8 Å². The molecule has 3 rings (SSSR count). The maximum atomic E-state index is 8.99. The Bertz CT molecular complexity index is 733. The van der Waals surface area contributed by atoms with E-state index >= 15 is 0 Å². The zero-order chi connectivity index (χ0) is 16.2. The number of nitrogens with one attached hydrogen (secondary N) is 2. The summed E-state index contributed by atoms with van der Waals surface area (Å²) in [7, 11) is 1.70. The van der Waals surface area contributed by atoms with Crippen molar-refractivity contribution in [3.05, 3.63) is 23.1 Å². The van der Waals surface area contributed by atoms with Gasteiger partial charge >= 0.3 is 0 Å². The average Bonchev–Trinajstić information content (AvgIpc) is 2.96. The van der Waals surface area contributed by atoms with Gasteiger partial charge in [-0.3, -0.25) is 0 Å². The number of anilines is 3. The first kappa shape index (κ1) is 15.5. The van der Waals surface area contributed by atoms with Crippen molar-refractivity contribution in [2.45, 2.75) is 18.9 Å². The van der Waals surface area contributed by atoms with Gasteiger partial charge in [0.1, 0.15) is 17.5 Å². The molecule has 0 radical (unpaired) electrons. The van der Waals surface area contributed by atoms with Crippen molar-refractivity contribution in [1.82, 2.24) is 19.7 Å². The van der Waals surface area contributed by atoms with Crippen molar-refractivity contribution < 1.29 is 4.74 Å². The van der Waals surface area contributed by atoms with Crippen LogP contribution in [0.3, 0.4) is 0 Å². The van der Waals surface area contributed by atoms with E-state index in [2.05, 4.69) is 25.7 Å². The SMILES string of the molecule is CNc1nc(Nc2cnn(C3CCOCC3)c2Cl)ncc1C#N. The number of rotatable bonds is 4. The number of nitriles is 1. The minimum atomic E-state index is 0.238. The normalized spacial score (nSPS) is 15.2. The zero-order valence-electron chi connectivity index (χ0n) is 12.6. The summed E-state index contributed by atoms with van der Waals surface area (Å²) in [6.07, 6.45) is 4.88. The second-order valence-electron chi connectivity index (χ2n) is 5.08. The number of hydrogen-bond donors (Lipinski definition) is 2. The molecule has 1 fully saturated rings. The summed E-state index contributed by atoms with van der Waals surface area (Å²) in [6.45, 7) is 1.43. The standard InChI is InChI=1S/C14H16ClN7O/c1-17-13-9(6-16)7-18-14(21-13)20-11-8-19-22(12(11)15)10-2-4-23-5-3-10/h7-8,10H,2-5H2,1H3,(H2,17,18,20,21). The lowest BCUT2D eigenvalue weighted by molar-refractivity contribution is 0.0663. The largest absolute Gasteiger partial charge is 0.381 e. The smallest absolute Gasteiger partial charge is 0.229 e. The van der Waals surface area contributed by atoms with E-state index in [0.717, 1.165) is 12.8 Å². The molecular formula is C14H16ClN7O. The highest BCUT2D eigenvalue weighted by Crippen LogP contribution is 2.30. The number of aromatic nitrogens is 4. The van der Waals surface area contributed by atoms with Gasteiger partial charge in [-0.15, -0.1) is 0 Å². The average molecular weight is 334 g/mol. The van der Waals surface area contributed by atoms with Crippen molar-refractivity contribution in [2.75, 3.05) is 30.9 Å². The summed E-state index contributed by atoms with van der Waals surface area (Å²) < 4.78 is 7.16. The van der Waals surface area contributed by atoms with Crippen molar-refractivity contribution >= 4 is 29.1 Å². The van der Waals surface area contributed by atoms with Crippen LogP contribution in [-0.4, -0.2) is 40.0 Å². The summed E-state index contributed by atoms with van der Waals surface area (Å²) >= 11 is 6.41. The van der Waals surface area contributed by atoms with Gasteiger partial charge in [0.2, 0.25) is 5.95 Å². The first-order chi connectivity index (χ1) is 11.2. The fourth-order valence-corrected chi connectivity index (χ4v) is 2.73. The molecule has 2 aromatic heterocycles. The van der Waals surface area contributed by atoms with E-state index in [-0.39, 0.29) is 6.04 Å². The molecule has 0 aliphatic carbocycles. The molecule has 0 amide bonds. The molecule has 1 aliphatic rings. The molecule has 0 bridgehead atoms. The maximum absolute atomic E-state index is 8.99. The van der Waals surface area contributed by atoms with E-state index in [4.69, 9.17) is 21.6 Å². The van der Waals surface area contributed by atoms with Crippen molar-refractivity contribution in [3.8, 4) is 6.07 Å². The van der Waals surface area contributed by atoms with Crippen LogP contribution < -0.4 is 10.6 Å². The molecule has 9 heteroatoms. The molecule has 8 nitrogen and oxygen atoms in total. The molecule has 120 valence electrons. The molecule has 0 aromatic carbocycles. The summed E-state index contributed by atoms with van der Waals surface area (Å²) in [5, 5.41) is 19.8. The van der Waals surface area contributed by atoms with Crippen molar-refractivity contribution in [2.24, 2.45) is 0 Å². The van der Waals surface area contributed by atoms with Crippen LogP contribution in [0.2, 0.25) is 5.15 Å². The van der Waals surface area contributed by atoms with Crippen molar-refractivity contribution in [3.63, 3.8) is 0 Å². The number of ether oxygens (including phenoxy) is 1. The third-order valence-electron chi connectivity index (χ3n) is 3.66. The summed E-state index contributed by atoms with van der Waals surface area (Å²) in [5.74, 6) is 0.805. The Hall–Kier alpha value is -2.37. The second kappa shape index (κ2) is 6.81. The van der Waals surface area contributed by atoms with Gasteiger partial charge in [0, 0.05) is 20.3 Å². The fraction of sp³-hybridized carbons (Fsp3) is 0.429. The predicted molar refractivity (Wildman–Crippen MR) is 85.9 cm³/mol. The van der Waals surface area contributed by atoms with Crippen LogP contribution in [0.25, 0.3) is 0 Å². The van der Waals surface area contributed by atoms with Crippen molar-refractivity contribution in [1.29, 1.82) is 5.26 Å². The van der Waals surface area contributed by atoms with E-state index in [1.807, 2.05) is 6.07 Å². The molecular weight excluding hydrogens is 318 g/mol. The highest BCUT2D eigenvalue weighted by molar-refractivity contribution is 6.32. The van der Waals surface area contributed by atoms with Crippen LogP contribution in [-0.2, 0) is 4.74 Å². The lowest BCUT2D eigenvalue weighted by Crippen LogP contribution is -2.20. The Morgan fingerprint density at radius 3 is 2.87 bits per heavy atom. The van der Waals surface area contributed by atoms with E-state index in [9.17, 15) is 0 Å². The minimum absolute atomic E-state index is 0.238. The van der Waals surface area contributed by atoms with Crippen LogP contribution in [0, 0.1) is 11.3 Å². The van der Waals surface area contributed by atoms with E-state index in [0.29, 0.717) is 41.4 Å². The Morgan fingerprint density at radius 1 is 1.39 bits per heavy atom. The molecule has 0 unspecified atom stereocenters.